The smallest absolute Gasteiger partial charge is 0.135 e. The normalized spacial score (nSPS) is 18.0. The standard InChI is InChI=1S/C36H24N2O/c1-5-13-31-25(9-1)26-10-2-6-14-32(26)37(31)23-17-19-35-29(21-23)30-22-24(18-20-36(30)39-35)38-33-15-7-3-11-27(33)28-12-4-8-16-34(28)38/h1-22,25,31H. The maximum atomic E-state index is 6.34. The van der Waals surface area contributed by atoms with Crippen molar-refractivity contribution < 1.29 is 4.42 Å². The summed E-state index contributed by atoms with van der Waals surface area (Å²) in [6.45, 7) is 0. The molecule has 2 aliphatic rings. The van der Waals surface area contributed by atoms with E-state index in [-0.39, 0.29) is 6.04 Å². The van der Waals surface area contributed by atoms with Gasteiger partial charge in [0.2, 0.25) is 0 Å². The Balaban J connectivity index is 1.26. The number of hydrogen-bond acceptors (Lipinski definition) is 2. The average molecular weight is 501 g/mol. The summed E-state index contributed by atoms with van der Waals surface area (Å²) in [7, 11) is 0. The number of benzene rings is 5. The van der Waals surface area contributed by atoms with Crippen LogP contribution in [0.25, 0.3) is 49.4 Å². The van der Waals surface area contributed by atoms with Crippen molar-refractivity contribution in [2.24, 2.45) is 0 Å². The number of para-hydroxylation sites is 3. The molecule has 2 unspecified atom stereocenters. The molecule has 0 amide bonds. The Morgan fingerprint density at radius 3 is 1.92 bits per heavy atom. The zero-order chi connectivity index (χ0) is 25.5. The molecule has 0 radical (unpaired) electrons. The van der Waals surface area contributed by atoms with Crippen molar-refractivity contribution in [3.05, 3.63) is 139 Å². The number of furan rings is 1. The average Bonchev–Trinajstić information content (AvgIpc) is 3.64. The number of fused-ring (bicyclic) bond motifs is 9. The van der Waals surface area contributed by atoms with Crippen LogP contribution in [0.4, 0.5) is 11.4 Å². The van der Waals surface area contributed by atoms with Crippen LogP contribution in [0, 0.1) is 0 Å². The van der Waals surface area contributed by atoms with Crippen molar-refractivity contribution in [2.45, 2.75) is 12.0 Å². The lowest BCUT2D eigenvalue weighted by Crippen LogP contribution is -2.28. The molecular weight excluding hydrogens is 476 g/mol. The molecule has 1 aliphatic heterocycles. The number of allylic oxidation sites excluding steroid dienone is 2. The lowest BCUT2D eigenvalue weighted by molar-refractivity contribution is 0.668. The van der Waals surface area contributed by atoms with E-state index < -0.39 is 0 Å². The molecule has 2 aromatic heterocycles. The van der Waals surface area contributed by atoms with Crippen molar-refractivity contribution in [3.63, 3.8) is 0 Å². The van der Waals surface area contributed by atoms with Gasteiger partial charge in [0.25, 0.3) is 0 Å². The summed E-state index contributed by atoms with van der Waals surface area (Å²) >= 11 is 0. The zero-order valence-corrected chi connectivity index (χ0v) is 21.2. The third kappa shape index (κ3) is 2.87. The lowest BCUT2D eigenvalue weighted by atomic mass is 9.91. The topological polar surface area (TPSA) is 21.3 Å². The minimum Gasteiger partial charge on any atom is -0.456 e. The van der Waals surface area contributed by atoms with Crippen molar-refractivity contribution in [1.82, 2.24) is 4.57 Å². The third-order valence-electron chi connectivity index (χ3n) is 8.51. The highest BCUT2D eigenvalue weighted by atomic mass is 16.3. The molecule has 0 N–H and O–H groups in total. The second-order valence-electron chi connectivity index (χ2n) is 10.5. The molecule has 39 heavy (non-hydrogen) atoms. The molecule has 1 aliphatic carbocycles. The van der Waals surface area contributed by atoms with E-state index in [9.17, 15) is 0 Å². The molecule has 0 saturated heterocycles. The van der Waals surface area contributed by atoms with Crippen molar-refractivity contribution >= 4 is 55.1 Å². The maximum absolute atomic E-state index is 6.34. The summed E-state index contributed by atoms with van der Waals surface area (Å²) < 4.78 is 8.71. The van der Waals surface area contributed by atoms with E-state index in [1.54, 1.807) is 0 Å². The lowest BCUT2D eigenvalue weighted by Gasteiger charge is -2.28. The van der Waals surface area contributed by atoms with Crippen LogP contribution in [0.3, 0.4) is 0 Å². The summed E-state index contributed by atoms with van der Waals surface area (Å²) in [6.07, 6.45) is 8.99. The first-order valence-corrected chi connectivity index (χ1v) is 13.5. The van der Waals surface area contributed by atoms with Crippen molar-refractivity contribution in [3.8, 4) is 5.69 Å². The van der Waals surface area contributed by atoms with Gasteiger partial charge in [0.1, 0.15) is 11.2 Å². The van der Waals surface area contributed by atoms with E-state index >= 15 is 0 Å². The monoisotopic (exact) mass is 500 g/mol. The molecule has 0 saturated carbocycles. The zero-order valence-electron chi connectivity index (χ0n) is 21.2. The molecule has 3 heteroatoms. The first kappa shape index (κ1) is 21.0. The molecule has 0 fully saturated rings. The predicted molar refractivity (Wildman–Crippen MR) is 161 cm³/mol. The van der Waals surface area contributed by atoms with Gasteiger partial charge in [-0.15, -0.1) is 0 Å². The van der Waals surface area contributed by atoms with Crippen LogP contribution in [0.2, 0.25) is 0 Å². The van der Waals surface area contributed by atoms with Crippen LogP contribution >= 0.6 is 0 Å². The highest BCUT2D eigenvalue weighted by molar-refractivity contribution is 6.11. The summed E-state index contributed by atoms with van der Waals surface area (Å²) in [4.78, 5) is 2.48. The molecule has 184 valence electrons. The van der Waals surface area contributed by atoms with Gasteiger partial charge in [-0.05, 0) is 60.2 Å². The van der Waals surface area contributed by atoms with Gasteiger partial charge in [0, 0.05) is 44.5 Å². The number of aromatic nitrogens is 1. The Labute approximate surface area is 225 Å². The van der Waals surface area contributed by atoms with E-state index in [1.807, 2.05) is 0 Å². The maximum Gasteiger partial charge on any atom is 0.135 e. The second kappa shape index (κ2) is 7.75. The van der Waals surface area contributed by atoms with Gasteiger partial charge in [-0.3, -0.25) is 0 Å². The van der Waals surface area contributed by atoms with E-state index in [0.717, 1.165) is 27.6 Å². The minimum atomic E-state index is 0.274. The minimum absolute atomic E-state index is 0.274. The molecule has 3 nitrogen and oxygen atoms in total. The van der Waals surface area contributed by atoms with Crippen molar-refractivity contribution in [1.29, 1.82) is 0 Å². The number of hydrogen-bond donors (Lipinski definition) is 0. The number of nitrogens with zero attached hydrogens (tertiary/aromatic N) is 2. The molecule has 3 heterocycles. The van der Waals surface area contributed by atoms with Gasteiger partial charge >= 0.3 is 0 Å². The number of anilines is 2. The summed E-state index contributed by atoms with van der Waals surface area (Å²) in [5.74, 6) is 0.366. The van der Waals surface area contributed by atoms with Crippen LogP contribution < -0.4 is 4.90 Å². The van der Waals surface area contributed by atoms with E-state index in [2.05, 4.69) is 143 Å². The van der Waals surface area contributed by atoms with E-state index in [1.165, 1.54) is 38.7 Å². The second-order valence-corrected chi connectivity index (χ2v) is 10.5. The molecular formula is C36H24N2O. The van der Waals surface area contributed by atoms with Gasteiger partial charge in [-0.25, -0.2) is 0 Å². The first-order chi connectivity index (χ1) is 19.3. The fraction of sp³-hybridized carbons (Fsp3) is 0.0556. The third-order valence-corrected chi connectivity index (χ3v) is 8.51. The van der Waals surface area contributed by atoms with Gasteiger partial charge < -0.3 is 13.9 Å². The SMILES string of the molecule is C1=CC2c3ccccc3N(c3ccc4oc5ccc(-n6c7ccccc7c7ccccc76)cc5c4c3)C2C=C1. The highest BCUT2D eigenvalue weighted by Crippen LogP contribution is 2.48. The Hall–Kier alpha value is -5.02. The van der Waals surface area contributed by atoms with Gasteiger partial charge in [-0.1, -0.05) is 78.9 Å². The van der Waals surface area contributed by atoms with Gasteiger partial charge in [0.15, 0.2) is 0 Å². The Morgan fingerprint density at radius 1 is 0.538 bits per heavy atom. The summed E-state index contributed by atoms with van der Waals surface area (Å²) in [6, 6.07) is 39.6. The Morgan fingerprint density at radius 2 is 1.15 bits per heavy atom. The fourth-order valence-electron chi connectivity index (χ4n) is 6.83. The van der Waals surface area contributed by atoms with E-state index in [4.69, 9.17) is 4.42 Å². The first-order valence-electron chi connectivity index (χ1n) is 13.5. The van der Waals surface area contributed by atoms with Crippen LogP contribution in [0.1, 0.15) is 11.5 Å². The summed E-state index contributed by atoms with van der Waals surface area (Å²) in [5, 5.41) is 4.81. The molecule has 9 rings (SSSR count). The fourth-order valence-corrected chi connectivity index (χ4v) is 6.83. The van der Waals surface area contributed by atoms with E-state index in [0.29, 0.717) is 5.92 Å². The van der Waals surface area contributed by atoms with Crippen LogP contribution in [-0.2, 0) is 0 Å². The molecule has 0 bridgehead atoms. The van der Waals surface area contributed by atoms with Crippen molar-refractivity contribution in [2.75, 3.05) is 4.90 Å². The molecule has 2 atom stereocenters. The quantitative estimate of drug-likeness (QED) is 0.236. The highest BCUT2D eigenvalue weighted by Gasteiger charge is 2.37. The van der Waals surface area contributed by atoms with Crippen LogP contribution in [0.15, 0.2) is 138 Å². The van der Waals surface area contributed by atoms with Gasteiger partial charge in [-0.2, -0.15) is 0 Å². The van der Waals surface area contributed by atoms with Crippen LogP contribution in [-0.4, -0.2) is 10.6 Å². The Kier molecular flexibility index (Phi) is 4.17. The number of rotatable bonds is 2. The van der Waals surface area contributed by atoms with Gasteiger partial charge in [0.05, 0.1) is 17.1 Å². The molecule has 7 aromatic rings. The van der Waals surface area contributed by atoms with Crippen LogP contribution in [0.5, 0.6) is 0 Å². The summed E-state index contributed by atoms with van der Waals surface area (Å²) in [5.41, 5.74) is 9.23. The molecule has 0 spiro atoms. The molecule has 5 aromatic carbocycles. The largest absolute Gasteiger partial charge is 0.456 e. The predicted octanol–water partition coefficient (Wildman–Crippen LogP) is 9.41. The Bertz CT molecular complexity index is 2110.